The molecule has 13 amide bonds. The number of likely N-dealkylation sites (N-methyl/N-ethyl adjacent to an activating group) is 2. The second-order valence-electron chi connectivity index (χ2n) is 26.1. The quantitative estimate of drug-likeness (QED) is 0.0153. The summed E-state index contributed by atoms with van der Waals surface area (Å²) in [6.07, 6.45) is 2.56. The van der Waals surface area contributed by atoms with Crippen LogP contribution in [0.2, 0.25) is 0 Å². The second-order valence-corrected chi connectivity index (χ2v) is 27.0. The van der Waals surface area contributed by atoms with Gasteiger partial charge in [-0.05, 0) is 122 Å². The molecule has 111 heavy (non-hydrogen) atoms. The summed E-state index contributed by atoms with van der Waals surface area (Å²) in [5.41, 5.74) is 66.6. The first kappa shape index (κ1) is 98.0. The number of nitrogens with zero attached hydrogens (tertiary/aromatic N) is 7. The lowest BCUT2D eigenvalue weighted by Gasteiger charge is -2.28. The first-order valence-corrected chi connectivity index (χ1v) is 37.7. The van der Waals surface area contributed by atoms with E-state index in [1.165, 1.54) is 30.6 Å². The van der Waals surface area contributed by atoms with Gasteiger partial charge in [-0.25, -0.2) is 0 Å². The Bertz CT molecular complexity index is 3190. The van der Waals surface area contributed by atoms with Gasteiger partial charge in [-0.3, -0.25) is 92.3 Å². The number of amides is 13. The number of ether oxygens (including phenoxy) is 1. The van der Waals surface area contributed by atoms with Gasteiger partial charge in [-0.15, -0.1) is 0 Å². The fraction of sp³-hybridized carbons (Fsp3) is 0.703. The molecule has 47 heteroatoms. The summed E-state index contributed by atoms with van der Waals surface area (Å²) >= 11 is 1.17. The molecule has 1 aliphatic heterocycles. The van der Waals surface area contributed by atoms with Gasteiger partial charge in [-0.1, -0.05) is 13.8 Å². The normalized spacial score (nSPS) is 14.6. The maximum Gasteiger partial charge on any atom is 0.249 e. The molecule has 1 saturated heterocycles. The van der Waals surface area contributed by atoms with Crippen LogP contribution in [-0.2, 0) is 67.1 Å². The van der Waals surface area contributed by atoms with Crippen molar-refractivity contribution in [1.29, 1.82) is 0 Å². The molecule has 10 atom stereocenters. The Morgan fingerprint density at radius 1 is 0.423 bits per heavy atom. The van der Waals surface area contributed by atoms with Gasteiger partial charge in [0.25, 0.3) is 0 Å². The van der Waals surface area contributed by atoms with Crippen LogP contribution >= 0.6 is 11.8 Å². The number of hydrogen-bond acceptors (Lipinski definition) is 22. The highest BCUT2D eigenvalue weighted by atomic mass is 32.2. The predicted octanol–water partition coefficient (Wildman–Crippen LogP) is -11.7. The molecule has 628 valence electrons. The summed E-state index contributed by atoms with van der Waals surface area (Å²) in [6.45, 7) is 4.45. The minimum Gasteiger partial charge on any atom is -0.370 e. The molecule has 0 aromatic rings. The van der Waals surface area contributed by atoms with Crippen LogP contribution in [0.3, 0.4) is 0 Å². The van der Waals surface area contributed by atoms with E-state index in [2.05, 4.69) is 99.1 Å². The lowest BCUT2D eigenvalue weighted by Crippen LogP contribution is -2.60. The summed E-state index contributed by atoms with van der Waals surface area (Å²) in [7, 11) is 3.10. The maximum atomic E-state index is 14.7. The molecule has 1 heterocycles. The summed E-state index contributed by atoms with van der Waals surface area (Å²) in [4.78, 5) is 205. The SMILES string of the molecule is CNCCOCC(=O)N1CCC[C@H]1C(=O)N[C@@H](CC(C)C)C(=O)NCC(=O)N[C@@H](CSC)C(=O)N[C@@H](C)C(=O)NCC(=O)N[C@H](CCCN=C(N)N)C(=O)N[C@H](CCCN=C(N)N)C(=O)N[C@H](CCCN=C(N)N)C(=O)N[C@H](CCCN=C(N)N)C(=O)N[C@H](CCCN=C(N)N)C(=O)N[C@H](CCCN=C(N)N)C(=O)NC. The Kier molecular flexibility index (Phi) is 48.9. The maximum absolute atomic E-state index is 14.7. The van der Waals surface area contributed by atoms with Gasteiger partial charge < -0.3 is 148 Å². The van der Waals surface area contributed by atoms with Crippen molar-refractivity contribution in [2.24, 2.45) is 105 Å². The molecule has 0 aromatic heterocycles. The predicted molar refractivity (Wildman–Crippen MR) is 420 cm³/mol. The number of likely N-dealkylation sites (tertiary alicyclic amines) is 1. The molecule has 37 N–H and O–H groups in total. The van der Waals surface area contributed by atoms with Crippen molar-refractivity contribution in [1.82, 2.24) is 74.0 Å². The van der Waals surface area contributed by atoms with Crippen molar-refractivity contribution in [2.45, 2.75) is 178 Å². The fourth-order valence-corrected chi connectivity index (χ4v) is 11.3. The number of hydrogen-bond donors (Lipinski definition) is 25. The van der Waals surface area contributed by atoms with Crippen LogP contribution in [0.15, 0.2) is 30.0 Å². The monoisotopic (exact) mass is 1590 g/mol. The van der Waals surface area contributed by atoms with Crippen molar-refractivity contribution < 1.29 is 67.1 Å². The van der Waals surface area contributed by atoms with Gasteiger partial charge in [0, 0.05) is 65.2 Å². The third-order valence-corrected chi connectivity index (χ3v) is 16.9. The fourth-order valence-electron chi connectivity index (χ4n) is 10.7. The number of carbonyl (C=O) groups is 13. The number of carbonyl (C=O) groups excluding carboxylic acids is 13. The molecule has 1 fully saturated rings. The number of rotatable bonds is 56. The Balaban J connectivity index is 3.54. The Morgan fingerprint density at radius 2 is 0.757 bits per heavy atom. The third-order valence-electron chi connectivity index (χ3n) is 16.3. The van der Waals surface area contributed by atoms with E-state index >= 15 is 0 Å². The van der Waals surface area contributed by atoms with Crippen LogP contribution in [0.1, 0.15) is 117 Å². The van der Waals surface area contributed by atoms with Gasteiger partial charge in [0.15, 0.2) is 35.8 Å². The average molecular weight is 1600 g/mol. The van der Waals surface area contributed by atoms with Gasteiger partial charge >= 0.3 is 0 Å². The number of nitrogens with two attached hydrogens (primary N) is 12. The molecule has 1 rings (SSSR count). The molecule has 0 bridgehead atoms. The topological polar surface area (TPSA) is 777 Å². The van der Waals surface area contributed by atoms with Crippen molar-refractivity contribution >= 4 is 124 Å². The molecule has 1 aliphatic rings. The largest absolute Gasteiger partial charge is 0.370 e. The van der Waals surface area contributed by atoms with E-state index in [0.29, 0.717) is 25.9 Å². The molecule has 0 aliphatic carbocycles. The van der Waals surface area contributed by atoms with E-state index in [0.717, 1.165) is 0 Å². The van der Waals surface area contributed by atoms with Gasteiger partial charge in [0.05, 0.1) is 19.7 Å². The van der Waals surface area contributed by atoms with Crippen molar-refractivity contribution in [3.8, 4) is 0 Å². The molecule has 0 saturated carbocycles. The minimum absolute atomic E-state index is 0.00513. The van der Waals surface area contributed by atoms with E-state index in [-0.39, 0.29) is 189 Å². The molecule has 0 radical (unpaired) electrons. The van der Waals surface area contributed by atoms with Crippen molar-refractivity contribution in [2.75, 3.05) is 105 Å². The zero-order chi connectivity index (χ0) is 83.5. The highest BCUT2D eigenvalue weighted by molar-refractivity contribution is 7.98. The lowest BCUT2D eigenvalue weighted by molar-refractivity contribution is -0.142. The van der Waals surface area contributed by atoms with E-state index < -0.39 is 144 Å². The molecule has 0 aromatic carbocycles. The second kappa shape index (κ2) is 55.4. The molecule has 46 nitrogen and oxygen atoms in total. The zero-order valence-electron chi connectivity index (χ0n) is 64.3. The smallest absolute Gasteiger partial charge is 0.249 e. The molecule has 0 spiro atoms. The van der Waals surface area contributed by atoms with E-state index in [4.69, 9.17) is 73.5 Å². The van der Waals surface area contributed by atoms with Crippen molar-refractivity contribution in [3.63, 3.8) is 0 Å². The number of aliphatic imine (C=N–C) groups is 6. The highest BCUT2D eigenvalue weighted by Gasteiger charge is 2.38. The van der Waals surface area contributed by atoms with E-state index in [9.17, 15) is 62.3 Å². The number of thioether (sulfide) groups is 1. The molecular formula is C64H122N32O14S. The molecular weight excluding hydrogens is 1470 g/mol. The summed E-state index contributed by atoms with van der Waals surface area (Å²) in [6, 6.07) is -13.0. The Hall–Kier alpha value is -11.0. The minimum atomic E-state index is -1.53. The Morgan fingerprint density at radius 3 is 1.09 bits per heavy atom. The van der Waals surface area contributed by atoms with Crippen LogP contribution < -0.4 is 138 Å². The van der Waals surface area contributed by atoms with Gasteiger partial charge in [-0.2, -0.15) is 11.8 Å². The Labute approximate surface area is 649 Å². The van der Waals surface area contributed by atoms with Crippen LogP contribution in [0, 0.1) is 5.92 Å². The summed E-state index contributed by atoms with van der Waals surface area (Å²) < 4.78 is 5.42. The van der Waals surface area contributed by atoms with E-state index in [1.807, 2.05) is 13.8 Å². The first-order chi connectivity index (χ1) is 52.5. The van der Waals surface area contributed by atoms with Crippen molar-refractivity contribution in [3.05, 3.63) is 0 Å². The molecule has 0 unspecified atom stereocenters. The first-order valence-electron chi connectivity index (χ1n) is 36.3. The highest BCUT2D eigenvalue weighted by Crippen LogP contribution is 2.19. The van der Waals surface area contributed by atoms with E-state index in [1.54, 1.807) is 13.3 Å². The summed E-state index contributed by atoms with van der Waals surface area (Å²) in [5, 5.41) is 33.8. The number of nitrogens with one attached hydrogen (secondary N) is 13. The zero-order valence-corrected chi connectivity index (χ0v) is 65.1. The summed E-state index contributed by atoms with van der Waals surface area (Å²) in [5.74, 6) is -11.9. The van der Waals surface area contributed by atoms with Crippen LogP contribution in [0.5, 0.6) is 0 Å². The van der Waals surface area contributed by atoms with Gasteiger partial charge in [0.1, 0.15) is 67.0 Å². The standard InChI is InChI=1S/C64H122N32O14S/c1-35(2)30-43(95-58(109)45-20-13-28-96(45)48(99)33-110-29-27-77-4)51(102)86-32-47(98)89-44(34-111-6)57(108)87-36(3)49(100)85-31-46(97)88-38(15-8-22-80-60(67)68)52(103)91-40(17-10-24-82-62(71)72)54(105)93-42(19-12-26-84-64(75)76)56(107)94-41(18-11-25-83-63(73)74)55(106)92-39(16-9-23-81-61(69)70)53(104)90-37(50(101)78-5)14-7-21-79-59(65)66/h35-45,77H,7-34H2,1-6H3,(H,78,101)(H,85,100)(H,86,102)(H,87,108)(H,88,97)(H,89,98)(H,90,104)(H,91,103)(H,92,106)(H,93,105)(H,94,107)(H,95,109)(H4,65,66,79)(H4,67,68,80)(H4,69,70,81)(H4,71,72,82)(H4,73,74,83)(H4,75,76,84)/t36-,37+,38+,39+,40+,41+,42+,43-,44-,45-/m0/s1. The van der Waals surface area contributed by atoms with Crippen LogP contribution in [-0.4, -0.2) is 283 Å². The third kappa shape index (κ3) is 43.7. The van der Waals surface area contributed by atoms with Crippen LogP contribution in [0.4, 0.5) is 0 Å². The van der Waals surface area contributed by atoms with Crippen LogP contribution in [0.25, 0.3) is 0 Å². The lowest BCUT2D eigenvalue weighted by atomic mass is 10.0. The number of guanidine groups is 6. The average Bonchev–Trinajstić information content (AvgIpc) is 1.53. The van der Waals surface area contributed by atoms with Gasteiger partial charge in [0.2, 0.25) is 76.8 Å².